The Morgan fingerprint density at radius 3 is 2.28 bits per heavy atom. The third-order valence-electron chi connectivity index (χ3n) is 7.24. The first-order chi connectivity index (χ1) is 13.4. The Balaban J connectivity index is 0.000000208. The lowest BCUT2D eigenvalue weighted by Crippen LogP contribution is -2.38. The van der Waals surface area contributed by atoms with E-state index in [0.29, 0.717) is 29.5 Å². The van der Waals surface area contributed by atoms with E-state index in [-0.39, 0.29) is 17.1 Å². The average Bonchev–Trinajstić information content (AvgIpc) is 2.95. The van der Waals surface area contributed by atoms with Gasteiger partial charge in [0.05, 0.1) is 13.2 Å². The summed E-state index contributed by atoms with van der Waals surface area (Å²) < 4.78 is 38.5. The van der Waals surface area contributed by atoms with Gasteiger partial charge in [0.15, 0.2) is 17.3 Å². The van der Waals surface area contributed by atoms with Crippen LogP contribution >= 0.6 is 0 Å². The van der Waals surface area contributed by atoms with Crippen molar-refractivity contribution in [1.82, 2.24) is 0 Å². The summed E-state index contributed by atoms with van der Waals surface area (Å²) in [6, 6.07) is 0. The van der Waals surface area contributed by atoms with Crippen LogP contribution in [-0.2, 0) is 35.3 Å². The third-order valence-corrected chi connectivity index (χ3v) is 10.6. The second kappa shape index (κ2) is 9.79. The van der Waals surface area contributed by atoms with E-state index in [1.54, 1.807) is 6.92 Å². The van der Waals surface area contributed by atoms with Crippen LogP contribution in [0.2, 0.25) is 0 Å². The van der Waals surface area contributed by atoms with Crippen molar-refractivity contribution < 1.29 is 27.3 Å². The summed E-state index contributed by atoms with van der Waals surface area (Å²) in [4.78, 5) is 23.5. The first-order valence-corrected chi connectivity index (χ1v) is 13.9. The molecule has 3 fully saturated rings. The van der Waals surface area contributed by atoms with Crippen molar-refractivity contribution in [1.29, 1.82) is 0 Å². The highest BCUT2D eigenvalue weighted by Gasteiger charge is 2.67. The van der Waals surface area contributed by atoms with Gasteiger partial charge in [-0.3, -0.25) is 9.59 Å². The molecule has 0 amide bonds. The second-order valence-corrected chi connectivity index (χ2v) is 13.1. The van der Waals surface area contributed by atoms with E-state index in [1.807, 2.05) is 13.8 Å². The van der Waals surface area contributed by atoms with Gasteiger partial charge in [-0.25, -0.2) is 8.42 Å². The van der Waals surface area contributed by atoms with Gasteiger partial charge in [0.2, 0.25) is 0 Å². The van der Waals surface area contributed by atoms with Crippen LogP contribution in [0, 0.1) is 16.7 Å². The molecule has 3 rings (SSSR count). The molecule has 0 spiro atoms. The van der Waals surface area contributed by atoms with Crippen molar-refractivity contribution in [3.8, 4) is 0 Å². The largest absolute Gasteiger partial charge is 0.747 e. The summed E-state index contributed by atoms with van der Waals surface area (Å²) in [5.74, 6) is 2.87. The van der Waals surface area contributed by atoms with Crippen LogP contribution in [0.4, 0.5) is 0 Å². The van der Waals surface area contributed by atoms with Gasteiger partial charge >= 0.3 is 0 Å². The molecule has 29 heavy (non-hydrogen) atoms. The van der Waals surface area contributed by atoms with Crippen LogP contribution in [-0.4, -0.2) is 60.3 Å². The number of Topliss-reactive ketones (excluding diaryl/α,β-unsaturated/α-hetero) is 2. The Morgan fingerprint density at radius 1 is 1.21 bits per heavy atom. The van der Waals surface area contributed by atoms with E-state index >= 15 is 0 Å². The normalized spacial score (nSPS) is 31.4. The lowest BCUT2D eigenvalue weighted by atomic mass is 9.70. The van der Waals surface area contributed by atoms with Crippen molar-refractivity contribution in [2.45, 2.75) is 71.5 Å². The van der Waals surface area contributed by atoms with Gasteiger partial charge in [0.25, 0.3) is 0 Å². The molecule has 1 aliphatic heterocycles. The highest BCUT2D eigenvalue weighted by atomic mass is 32.2. The van der Waals surface area contributed by atoms with Crippen molar-refractivity contribution in [2.75, 3.05) is 30.5 Å². The maximum Gasteiger partial charge on any atom is 0.181 e. The molecule has 8 heteroatoms. The number of unbranched alkanes of at least 4 members (excludes halogenated alkanes) is 2. The van der Waals surface area contributed by atoms with E-state index in [0.717, 1.165) is 43.3 Å². The number of hydrogen-bond acceptors (Lipinski definition) is 6. The lowest BCUT2D eigenvalue weighted by molar-refractivity contribution is -0.128. The van der Waals surface area contributed by atoms with Gasteiger partial charge in [-0.05, 0) is 41.5 Å². The molecule has 3 atom stereocenters. The number of fused-ring (bicyclic) bond motifs is 2. The fourth-order valence-corrected chi connectivity index (χ4v) is 8.11. The monoisotopic (exact) mass is 448 g/mol. The number of carbonyl (C=O) groups excluding carboxylic acids is 2. The fraction of sp³-hybridized carbons (Fsp3) is 0.905. The Labute approximate surface area is 178 Å². The van der Waals surface area contributed by atoms with Gasteiger partial charge in [-0.1, -0.05) is 40.5 Å². The maximum absolute atomic E-state index is 12.0. The third kappa shape index (κ3) is 5.43. The lowest BCUT2D eigenvalue weighted by Gasteiger charge is -2.32. The van der Waals surface area contributed by atoms with Crippen LogP contribution < -0.4 is 0 Å². The highest BCUT2D eigenvalue weighted by molar-refractivity contribution is 7.97. The van der Waals surface area contributed by atoms with Gasteiger partial charge in [-0.2, -0.15) is 0 Å². The Hall–Kier alpha value is -0.440. The number of hydrogen-bond donors (Lipinski definition) is 0. The van der Waals surface area contributed by atoms with Crippen LogP contribution in [0.5, 0.6) is 0 Å². The predicted molar refractivity (Wildman–Crippen MR) is 115 cm³/mol. The molecular weight excluding hydrogens is 412 g/mol. The summed E-state index contributed by atoms with van der Waals surface area (Å²) in [5.41, 5.74) is -0.994. The smallest absolute Gasteiger partial charge is 0.181 e. The number of ketones is 2. The molecule has 1 heterocycles. The molecule has 2 aliphatic carbocycles. The van der Waals surface area contributed by atoms with Crippen molar-refractivity contribution >= 4 is 32.6 Å². The van der Waals surface area contributed by atoms with Crippen LogP contribution in [0.3, 0.4) is 0 Å². The summed E-state index contributed by atoms with van der Waals surface area (Å²) in [6.07, 6.45) is 5.66. The average molecular weight is 449 g/mol. The highest BCUT2D eigenvalue weighted by Crippen LogP contribution is 2.64. The van der Waals surface area contributed by atoms with Gasteiger partial charge in [-0.15, -0.1) is 0 Å². The molecule has 0 aromatic heterocycles. The topological polar surface area (TPSA) is 101 Å². The van der Waals surface area contributed by atoms with Crippen LogP contribution in [0.1, 0.15) is 66.2 Å². The van der Waals surface area contributed by atoms with Gasteiger partial charge in [0, 0.05) is 11.8 Å². The zero-order valence-corrected chi connectivity index (χ0v) is 19.8. The second-order valence-electron chi connectivity index (χ2n) is 9.25. The van der Waals surface area contributed by atoms with E-state index in [1.165, 1.54) is 12.8 Å². The molecule has 0 aromatic rings. The molecule has 6 nitrogen and oxygen atoms in total. The minimum Gasteiger partial charge on any atom is -0.747 e. The summed E-state index contributed by atoms with van der Waals surface area (Å²) >= 11 is 0. The van der Waals surface area contributed by atoms with E-state index in [9.17, 15) is 22.6 Å². The Kier molecular flexibility index (Phi) is 8.38. The quantitative estimate of drug-likeness (QED) is 0.337. The molecule has 1 saturated heterocycles. The van der Waals surface area contributed by atoms with Crippen LogP contribution in [0.25, 0.3) is 0 Å². The van der Waals surface area contributed by atoms with Crippen molar-refractivity contribution in [2.24, 2.45) is 16.7 Å². The van der Waals surface area contributed by atoms with E-state index in [2.05, 4.69) is 6.92 Å². The molecule has 3 unspecified atom stereocenters. The zero-order valence-electron chi connectivity index (χ0n) is 18.2. The van der Waals surface area contributed by atoms with Gasteiger partial charge in [0.1, 0.15) is 26.9 Å². The predicted octanol–water partition coefficient (Wildman–Crippen LogP) is 2.71. The summed E-state index contributed by atoms with van der Waals surface area (Å²) in [5, 5.41) is -1.30. The molecule has 2 bridgehead atoms. The number of rotatable bonds is 7. The number of ether oxygens (including phenoxy) is 1. The molecule has 3 aliphatic rings. The molecule has 0 radical (unpaired) electrons. The Morgan fingerprint density at radius 2 is 1.83 bits per heavy atom. The molecule has 2 saturated carbocycles. The fourth-order valence-electron chi connectivity index (χ4n) is 4.91. The molecular formula is C21H36O6S2. The Bertz CT molecular complexity index is 696. The van der Waals surface area contributed by atoms with E-state index in [4.69, 9.17) is 4.74 Å². The summed E-state index contributed by atoms with van der Waals surface area (Å²) in [7, 11) is -4.15. The van der Waals surface area contributed by atoms with Crippen molar-refractivity contribution in [3.63, 3.8) is 0 Å². The minimum atomic E-state index is -4.49. The maximum atomic E-state index is 12.0. The first kappa shape index (κ1) is 24.8. The van der Waals surface area contributed by atoms with Crippen LogP contribution in [0.15, 0.2) is 0 Å². The number of carbonyl (C=O) groups is 2. The molecule has 0 N–H and O–H groups in total. The van der Waals surface area contributed by atoms with Gasteiger partial charge < -0.3 is 9.29 Å². The first-order valence-electron chi connectivity index (χ1n) is 10.7. The minimum absolute atomic E-state index is 0.294. The molecule has 168 valence electrons. The summed E-state index contributed by atoms with van der Waals surface area (Å²) in [6.45, 7) is 9.49. The van der Waals surface area contributed by atoms with E-state index < -0.39 is 20.8 Å². The van der Waals surface area contributed by atoms with Crippen molar-refractivity contribution in [3.05, 3.63) is 0 Å². The SMILES string of the molecule is CC12CCC(C(S(=O)(=O)[O-])C1=O)C2(C)C.CCCCCC(=O)C[S+]1CCOCC1. The standard InChI is InChI=1S/C11H21O2S.C10H16O4S/c1-2-3-4-5-11(12)10-14-8-6-13-7-9-14;1-9(2)6-4-5-10(9,3)8(11)7(6)15(12,13)14/h2-10H2,1H3;6-7H,4-5H2,1-3H3,(H,12,13,14)/q+1;/p-1. The zero-order chi connectivity index (χ0) is 21.9. The molecule has 0 aromatic carbocycles.